The van der Waals surface area contributed by atoms with E-state index >= 15 is 0 Å². The van der Waals surface area contributed by atoms with E-state index in [-0.39, 0.29) is 17.0 Å². The molecule has 1 aromatic rings. The predicted octanol–water partition coefficient (Wildman–Crippen LogP) is 3.38. The van der Waals surface area contributed by atoms with Crippen LogP contribution < -0.4 is 5.32 Å². The second kappa shape index (κ2) is 7.27. The summed E-state index contributed by atoms with van der Waals surface area (Å²) in [5.74, 6) is -0.391. The summed E-state index contributed by atoms with van der Waals surface area (Å²) in [5.41, 5.74) is -0.598. The molecule has 3 nitrogen and oxygen atoms in total. The minimum Gasteiger partial charge on any atom is -0.465 e. The number of halogens is 1. The number of esters is 1. The van der Waals surface area contributed by atoms with E-state index in [0.717, 1.165) is 24.2 Å². The molecule has 21 heavy (non-hydrogen) atoms. The average molecular weight is 311 g/mol. The van der Waals surface area contributed by atoms with E-state index in [4.69, 9.17) is 4.74 Å². The zero-order valence-electron chi connectivity index (χ0n) is 12.5. The van der Waals surface area contributed by atoms with Crippen molar-refractivity contribution in [3.05, 3.63) is 30.1 Å². The van der Waals surface area contributed by atoms with Gasteiger partial charge in [-0.25, -0.2) is 4.39 Å². The third-order valence-corrected chi connectivity index (χ3v) is 5.21. The molecule has 0 radical (unpaired) electrons. The van der Waals surface area contributed by atoms with Crippen LogP contribution in [0.1, 0.15) is 32.6 Å². The Morgan fingerprint density at radius 3 is 3.05 bits per heavy atom. The lowest BCUT2D eigenvalue weighted by Gasteiger charge is -2.38. The second-order valence-corrected chi connectivity index (χ2v) is 6.72. The summed E-state index contributed by atoms with van der Waals surface area (Å²) in [6, 6.07) is 6.62. The summed E-state index contributed by atoms with van der Waals surface area (Å²) >= 11 is 1.64. The molecule has 1 aromatic carbocycles. The number of hydrogen-bond acceptors (Lipinski definition) is 4. The first-order valence-corrected chi connectivity index (χ1v) is 8.26. The van der Waals surface area contributed by atoms with Crippen LogP contribution in [0, 0.1) is 5.82 Å². The summed E-state index contributed by atoms with van der Waals surface area (Å²) in [7, 11) is 1.81. The average Bonchev–Trinajstić information content (AvgIpc) is 2.47. The normalized spacial score (nSPS) is 25.6. The lowest BCUT2D eigenvalue weighted by atomic mass is 9.81. The van der Waals surface area contributed by atoms with E-state index in [9.17, 15) is 9.18 Å². The first-order valence-electron chi connectivity index (χ1n) is 7.38. The summed E-state index contributed by atoms with van der Waals surface area (Å²) in [6.07, 6.45) is 3.50. The molecule has 2 rings (SSSR count). The van der Waals surface area contributed by atoms with Crippen molar-refractivity contribution in [2.24, 2.45) is 0 Å². The number of hydrogen-bond donors (Lipinski definition) is 1. The predicted molar refractivity (Wildman–Crippen MR) is 82.9 cm³/mol. The van der Waals surface area contributed by atoms with Crippen LogP contribution in [0.25, 0.3) is 0 Å². The number of thioether (sulfide) groups is 1. The van der Waals surface area contributed by atoms with Crippen LogP contribution in [-0.2, 0) is 9.53 Å². The topological polar surface area (TPSA) is 38.3 Å². The van der Waals surface area contributed by atoms with E-state index in [2.05, 4.69) is 5.32 Å². The zero-order valence-corrected chi connectivity index (χ0v) is 13.3. The molecule has 0 saturated heterocycles. The lowest BCUT2D eigenvalue weighted by Crippen LogP contribution is -2.54. The van der Waals surface area contributed by atoms with Crippen molar-refractivity contribution in [1.82, 2.24) is 5.32 Å². The maximum atomic E-state index is 13.3. The van der Waals surface area contributed by atoms with Crippen LogP contribution in [0.15, 0.2) is 29.2 Å². The van der Waals surface area contributed by atoms with Gasteiger partial charge in [0.25, 0.3) is 0 Å². The molecular formula is C16H22FNO2S. The van der Waals surface area contributed by atoms with Crippen LogP contribution >= 0.6 is 11.8 Å². The van der Waals surface area contributed by atoms with Crippen LogP contribution in [-0.4, -0.2) is 30.4 Å². The van der Waals surface area contributed by atoms with Gasteiger partial charge >= 0.3 is 5.97 Å². The van der Waals surface area contributed by atoms with E-state index in [1.54, 1.807) is 23.9 Å². The van der Waals surface area contributed by atoms with Crippen LogP contribution in [0.4, 0.5) is 4.39 Å². The fraction of sp³-hybridized carbons (Fsp3) is 0.562. The quantitative estimate of drug-likeness (QED) is 0.846. The number of nitrogens with one attached hydrogen (secondary N) is 1. The first kappa shape index (κ1) is 16.3. The third-order valence-electron chi connectivity index (χ3n) is 3.95. The highest BCUT2D eigenvalue weighted by Gasteiger charge is 2.43. The van der Waals surface area contributed by atoms with Gasteiger partial charge in [-0.2, -0.15) is 0 Å². The fourth-order valence-corrected chi connectivity index (χ4v) is 4.22. The Morgan fingerprint density at radius 1 is 1.57 bits per heavy atom. The molecule has 1 N–H and O–H groups in total. The highest BCUT2D eigenvalue weighted by molar-refractivity contribution is 8.00. The Kier molecular flexibility index (Phi) is 5.65. The van der Waals surface area contributed by atoms with Crippen molar-refractivity contribution >= 4 is 17.7 Å². The van der Waals surface area contributed by atoms with Crippen molar-refractivity contribution in [3.63, 3.8) is 0 Å². The van der Waals surface area contributed by atoms with Gasteiger partial charge in [-0.15, -0.1) is 11.8 Å². The molecule has 0 aromatic heterocycles. The number of likely N-dealkylation sites (N-methyl/N-ethyl adjacent to an activating group) is 1. The van der Waals surface area contributed by atoms with Gasteiger partial charge in [0.1, 0.15) is 11.4 Å². The first-order chi connectivity index (χ1) is 10.1. The van der Waals surface area contributed by atoms with E-state index in [1.165, 1.54) is 6.07 Å². The second-order valence-electron chi connectivity index (χ2n) is 5.35. The molecule has 1 aliphatic carbocycles. The Balaban J connectivity index is 2.07. The maximum absolute atomic E-state index is 13.3. The van der Waals surface area contributed by atoms with Gasteiger partial charge in [0.2, 0.25) is 0 Å². The summed E-state index contributed by atoms with van der Waals surface area (Å²) in [6.45, 7) is 2.22. The summed E-state index contributed by atoms with van der Waals surface area (Å²) < 4.78 is 18.5. The molecule has 0 spiro atoms. The van der Waals surface area contributed by atoms with E-state index in [1.807, 2.05) is 20.0 Å². The van der Waals surface area contributed by atoms with Gasteiger partial charge in [-0.05, 0) is 57.9 Å². The molecular weight excluding hydrogens is 289 g/mol. The smallest absolute Gasteiger partial charge is 0.326 e. The molecule has 0 heterocycles. The molecule has 5 heteroatoms. The van der Waals surface area contributed by atoms with Gasteiger partial charge in [-0.1, -0.05) is 6.07 Å². The fourth-order valence-electron chi connectivity index (χ4n) is 2.84. The lowest BCUT2D eigenvalue weighted by molar-refractivity contribution is -0.152. The van der Waals surface area contributed by atoms with Gasteiger partial charge in [0, 0.05) is 10.1 Å². The molecule has 1 saturated carbocycles. The molecule has 0 aliphatic heterocycles. The Morgan fingerprint density at radius 2 is 2.38 bits per heavy atom. The third kappa shape index (κ3) is 3.98. The number of ether oxygens (including phenoxy) is 1. The van der Waals surface area contributed by atoms with Crippen molar-refractivity contribution in [3.8, 4) is 0 Å². The molecule has 2 atom stereocenters. The summed E-state index contributed by atoms with van der Waals surface area (Å²) in [4.78, 5) is 13.2. The molecule has 2 unspecified atom stereocenters. The number of rotatable bonds is 5. The number of carbonyl (C=O) groups is 1. The van der Waals surface area contributed by atoms with Crippen molar-refractivity contribution < 1.29 is 13.9 Å². The Hall–Kier alpha value is -1.07. The number of benzene rings is 1. The minimum absolute atomic E-state index is 0.169. The zero-order chi connectivity index (χ0) is 15.3. The van der Waals surface area contributed by atoms with Crippen molar-refractivity contribution in [1.29, 1.82) is 0 Å². The van der Waals surface area contributed by atoms with Crippen molar-refractivity contribution in [2.75, 3.05) is 13.7 Å². The van der Waals surface area contributed by atoms with Crippen molar-refractivity contribution in [2.45, 2.75) is 48.3 Å². The molecule has 0 amide bonds. The van der Waals surface area contributed by atoms with Gasteiger partial charge < -0.3 is 10.1 Å². The molecule has 0 bridgehead atoms. The molecule has 1 fully saturated rings. The highest BCUT2D eigenvalue weighted by atomic mass is 32.2. The summed E-state index contributed by atoms with van der Waals surface area (Å²) in [5, 5.41) is 3.46. The maximum Gasteiger partial charge on any atom is 0.326 e. The van der Waals surface area contributed by atoms with Crippen LogP contribution in [0.3, 0.4) is 0 Å². The minimum atomic E-state index is -0.598. The van der Waals surface area contributed by atoms with Crippen LogP contribution in [0.2, 0.25) is 0 Å². The van der Waals surface area contributed by atoms with E-state index < -0.39 is 5.54 Å². The Labute approximate surface area is 129 Å². The largest absolute Gasteiger partial charge is 0.465 e. The SMILES string of the molecule is CCOC(=O)C1(NC)CCCC(Sc2cccc(F)c2)C1. The van der Waals surface area contributed by atoms with Crippen LogP contribution in [0.5, 0.6) is 0 Å². The van der Waals surface area contributed by atoms with Gasteiger partial charge in [-0.3, -0.25) is 4.79 Å². The standard InChI is InChI=1S/C16H22FNO2S/c1-3-20-15(19)16(18-2)9-5-8-14(11-16)21-13-7-4-6-12(17)10-13/h4,6-7,10,14,18H,3,5,8-9,11H2,1-2H3. The van der Waals surface area contributed by atoms with Gasteiger partial charge in [0.15, 0.2) is 0 Å². The molecule has 116 valence electrons. The monoisotopic (exact) mass is 311 g/mol. The van der Waals surface area contributed by atoms with Gasteiger partial charge in [0.05, 0.1) is 6.61 Å². The Bertz CT molecular complexity index is 497. The molecule has 1 aliphatic rings. The number of carbonyl (C=O) groups excluding carboxylic acids is 1. The van der Waals surface area contributed by atoms with E-state index in [0.29, 0.717) is 13.0 Å². The highest BCUT2D eigenvalue weighted by Crippen LogP contribution is 2.38.